The van der Waals surface area contributed by atoms with Crippen molar-refractivity contribution < 1.29 is 23.9 Å². The molecule has 0 saturated carbocycles. The molecule has 0 heterocycles. The van der Waals surface area contributed by atoms with Crippen LogP contribution in [0, 0.1) is 0 Å². The summed E-state index contributed by atoms with van der Waals surface area (Å²) in [7, 11) is -4.68. The third-order valence-corrected chi connectivity index (χ3v) is 1.70. The second kappa shape index (κ2) is 3.85. The molecule has 66 valence electrons. The predicted octanol–water partition coefficient (Wildman–Crippen LogP) is 1.10. The van der Waals surface area contributed by atoms with Crippen LogP contribution < -0.4 is 0 Å². The first kappa shape index (κ1) is 10.6. The molecule has 0 spiro atoms. The maximum Gasteiger partial charge on any atom is 0.433 e. The lowest BCUT2D eigenvalue weighted by Gasteiger charge is -2.10. The van der Waals surface area contributed by atoms with Gasteiger partial charge in [0.25, 0.3) is 0 Å². The molecule has 0 saturated heterocycles. The highest BCUT2D eigenvalue weighted by atomic mass is 31.2. The lowest BCUT2D eigenvalue weighted by molar-refractivity contribution is 0.121. The van der Waals surface area contributed by atoms with Crippen molar-refractivity contribution in [3.05, 3.63) is 0 Å². The highest BCUT2D eigenvalue weighted by Gasteiger charge is 2.28. The molecule has 0 aromatic carbocycles. The van der Waals surface area contributed by atoms with Gasteiger partial charge in [-0.1, -0.05) is 6.92 Å². The second-order valence-corrected chi connectivity index (χ2v) is 3.60. The van der Waals surface area contributed by atoms with Crippen LogP contribution in [0.4, 0.5) is 4.79 Å². The first-order chi connectivity index (χ1) is 4.88. The van der Waals surface area contributed by atoms with E-state index in [4.69, 9.17) is 9.79 Å². The molecule has 2 N–H and O–H groups in total. The van der Waals surface area contributed by atoms with E-state index in [1.54, 1.807) is 13.8 Å². The fourth-order valence-electron chi connectivity index (χ4n) is 0.324. The van der Waals surface area contributed by atoms with Crippen molar-refractivity contribution in [2.45, 2.75) is 26.4 Å². The molecule has 0 aromatic heterocycles. The standard InChI is InChI=1S/C5H11O5P/c1-3-4(2)10-5(6)11(7,8)9/h4H,3H2,1-2H3,(H2,7,8,9). The van der Waals surface area contributed by atoms with E-state index in [0.29, 0.717) is 6.42 Å². The van der Waals surface area contributed by atoms with Crippen LogP contribution in [0.2, 0.25) is 0 Å². The van der Waals surface area contributed by atoms with Gasteiger partial charge in [-0.05, 0) is 13.3 Å². The molecule has 0 radical (unpaired) electrons. The molecule has 0 aromatic rings. The molecule has 5 nitrogen and oxygen atoms in total. The Hall–Kier alpha value is -0.380. The summed E-state index contributed by atoms with van der Waals surface area (Å²) < 4.78 is 14.6. The molecule has 1 atom stereocenters. The van der Waals surface area contributed by atoms with Gasteiger partial charge < -0.3 is 14.5 Å². The summed E-state index contributed by atoms with van der Waals surface area (Å²) in [4.78, 5) is 27.0. The Morgan fingerprint density at radius 2 is 2.09 bits per heavy atom. The Morgan fingerprint density at radius 3 is 2.36 bits per heavy atom. The van der Waals surface area contributed by atoms with Crippen LogP contribution in [0.25, 0.3) is 0 Å². The normalized spacial score (nSPS) is 14.2. The van der Waals surface area contributed by atoms with Crippen molar-refractivity contribution in [2.24, 2.45) is 0 Å². The van der Waals surface area contributed by atoms with Gasteiger partial charge in [-0.2, -0.15) is 0 Å². The SMILES string of the molecule is CCC(C)OC(=O)P(=O)(O)O. The molecule has 0 fully saturated rings. The Balaban J connectivity index is 3.99. The minimum absolute atomic E-state index is 0.449. The fraction of sp³-hybridized carbons (Fsp3) is 0.800. The lowest BCUT2D eigenvalue weighted by Crippen LogP contribution is -2.12. The van der Waals surface area contributed by atoms with Crippen molar-refractivity contribution in [1.82, 2.24) is 0 Å². The first-order valence-electron chi connectivity index (χ1n) is 3.14. The minimum Gasteiger partial charge on any atom is -0.454 e. The Kier molecular flexibility index (Phi) is 3.72. The molecule has 0 amide bonds. The summed E-state index contributed by atoms with van der Waals surface area (Å²) in [5.74, 6) is 0. The summed E-state index contributed by atoms with van der Waals surface area (Å²) >= 11 is 0. The zero-order chi connectivity index (χ0) is 9.07. The zero-order valence-electron chi connectivity index (χ0n) is 6.35. The van der Waals surface area contributed by atoms with E-state index < -0.39 is 19.4 Å². The number of carbonyl (C=O) groups excluding carboxylic acids is 1. The molecule has 0 aliphatic heterocycles. The summed E-state index contributed by atoms with van der Waals surface area (Å²) in [6, 6.07) is 0. The van der Waals surface area contributed by atoms with Gasteiger partial charge in [0.2, 0.25) is 0 Å². The molecule has 11 heavy (non-hydrogen) atoms. The largest absolute Gasteiger partial charge is 0.454 e. The van der Waals surface area contributed by atoms with Gasteiger partial charge in [-0.15, -0.1) is 0 Å². The third-order valence-electron chi connectivity index (χ3n) is 1.11. The third kappa shape index (κ3) is 4.14. The first-order valence-corrected chi connectivity index (χ1v) is 4.76. The van der Waals surface area contributed by atoms with Gasteiger partial charge >= 0.3 is 13.3 Å². The second-order valence-electron chi connectivity index (χ2n) is 2.15. The van der Waals surface area contributed by atoms with Crippen LogP contribution in [0.3, 0.4) is 0 Å². The summed E-state index contributed by atoms with van der Waals surface area (Å²) in [5, 5.41) is 0. The van der Waals surface area contributed by atoms with E-state index >= 15 is 0 Å². The van der Waals surface area contributed by atoms with Crippen LogP contribution in [-0.2, 0) is 9.30 Å². The van der Waals surface area contributed by atoms with E-state index in [1.165, 1.54) is 0 Å². The molecule has 0 rings (SSSR count). The average Bonchev–Trinajstić information content (AvgIpc) is 1.85. The van der Waals surface area contributed by atoms with Crippen molar-refractivity contribution in [3.63, 3.8) is 0 Å². The van der Waals surface area contributed by atoms with Crippen LogP contribution in [0.15, 0.2) is 0 Å². The molecule has 0 bridgehead atoms. The fourth-order valence-corrected chi connectivity index (χ4v) is 0.641. The number of carbonyl (C=O) groups is 1. The summed E-state index contributed by atoms with van der Waals surface area (Å²) in [6.45, 7) is 3.31. The van der Waals surface area contributed by atoms with Crippen LogP contribution in [0.1, 0.15) is 20.3 Å². The minimum atomic E-state index is -4.68. The predicted molar refractivity (Wildman–Crippen MR) is 38.3 cm³/mol. The maximum absolute atomic E-state index is 10.4. The van der Waals surface area contributed by atoms with Crippen molar-refractivity contribution in [2.75, 3.05) is 0 Å². The highest BCUT2D eigenvalue weighted by Crippen LogP contribution is 2.37. The number of ether oxygens (including phenoxy) is 1. The quantitative estimate of drug-likeness (QED) is 0.638. The monoisotopic (exact) mass is 182 g/mol. The molecule has 1 unspecified atom stereocenters. The maximum atomic E-state index is 10.4. The van der Waals surface area contributed by atoms with Crippen molar-refractivity contribution in [1.29, 1.82) is 0 Å². The Morgan fingerprint density at radius 1 is 1.64 bits per heavy atom. The molecule has 0 aliphatic rings. The van der Waals surface area contributed by atoms with E-state index in [9.17, 15) is 9.36 Å². The van der Waals surface area contributed by atoms with Crippen LogP contribution in [0.5, 0.6) is 0 Å². The topological polar surface area (TPSA) is 83.8 Å². The Labute approximate surface area is 64.5 Å². The van der Waals surface area contributed by atoms with E-state index in [0.717, 1.165) is 0 Å². The summed E-state index contributed by atoms with van der Waals surface area (Å²) in [6.07, 6.45) is 0.0845. The number of hydrogen-bond donors (Lipinski definition) is 2. The smallest absolute Gasteiger partial charge is 0.433 e. The molecule has 6 heteroatoms. The van der Waals surface area contributed by atoms with Crippen LogP contribution >= 0.6 is 7.60 Å². The number of hydrogen-bond acceptors (Lipinski definition) is 3. The van der Waals surface area contributed by atoms with E-state index in [1.807, 2.05) is 0 Å². The highest BCUT2D eigenvalue weighted by molar-refractivity contribution is 7.69. The summed E-state index contributed by atoms with van der Waals surface area (Å²) in [5.41, 5.74) is -1.45. The van der Waals surface area contributed by atoms with Gasteiger partial charge in [0.1, 0.15) is 0 Å². The van der Waals surface area contributed by atoms with Crippen molar-refractivity contribution >= 4 is 13.3 Å². The lowest BCUT2D eigenvalue weighted by atomic mass is 10.3. The van der Waals surface area contributed by atoms with Gasteiger partial charge in [0.15, 0.2) is 0 Å². The molecular formula is C5H11O5P. The van der Waals surface area contributed by atoms with Gasteiger partial charge in [0.05, 0.1) is 6.10 Å². The van der Waals surface area contributed by atoms with Gasteiger partial charge in [-0.3, -0.25) is 0 Å². The Bertz CT molecular complexity index is 183. The average molecular weight is 182 g/mol. The van der Waals surface area contributed by atoms with Gasteiger partial charge in [0, 0.05) is 0 Å². The zero-order valence-corrected chi connectivity index (χ0v) is 7.25. The van der Waals surface area contributed by atoms with Crippen LogP contribution in [-0.4, -0.2) is 21.6 Å². The number of rotatable bonds is 3. The van der Waals surface area contributed by atoms with E-state index in [-0.39, 0.29) is 0 Å². The van der Waals surface area contributed by atoms with E-state index in [2.05, 4.69) is 4.74 Å². The van der Waals surface area contributed by atoms with Gasteiger partial charge in [-0.25, -0.2) is 9.36 Å². The van der Waals surface area contributed by atoms with Crippen molar-refractivity contribution in [3.8, 4) is 0 Å². The molecular weight excluding hydrogens is 171 g/mol. The molecule has 0 aliphatic carbocycles.